The molecule has 0 amide bonds. The molecule has 0 aromatic heterocycles. The van der Waals surface area contributed by atoms with E-state index in [0.29, 0.717) is 0 Å². The number of nitrogens with one attached hydrogen (secondary N) is 1. The minimum Gasteiger partial charge on any atom is -0.382 e. The summed E-state index contributed by atoms with van der Waals surface area (Å²) in [6, 6.07) is 0. The van der Waals surface area contributed by atoms with Gasteiger partial charge in [0.05, 0.1) is 6.54 Å². The first-order valence-electron chi connectivity index (χ1n) is 5.43. The Morgan fingerprint density at radius 3 is 2.46 bits per heavy atom. The van der Waals surface area contributed by atoms with E-state index in [9.17, 15) is 0 Å². The second-order valence-corrected chi connectivity index (χ2v) is 4.02. The van der Waals surface area contributed by atoms with E-state index >= 15 is 0 Å². The summed E-state index contributed by atoms with van der Waals surface area (Å²) in [5.74, 6) is 0.831. The molecule has 1 aliphatic heterocycles. The normalized spacial score (nSPS) is 24.8. The van der Waals surface area contributed by atoms with Crippen molar-refractivity contribution < 1.29 is 0 Å². The van der Waals surface area contributed by atoms with Crippen LogP contribution in [-0.2, 0) is 0 Å². The SMILES string of the molecule is [CH]1C=C(C2CCCCCC2)C=CN1. The van der Waals surface area contributed by atoms with Gasteiger partial charge in [-0.05, 0) is 36.6 Å². The minimum atomic E-state index is 0.831. The lowest BCUT2D eigenvalue weighted by atomic mass is 9.90. The van der Waals surface area contributed by atoms with Crippen LogP contribution in [0.2, 0.25) is 0 Å². The van der Waals surface area contributed by atoms with Crippen LogP contribution in [0.1, 0.15) is 38.5 Å². The lowest BCUT2D eigenvalue weighted by Gasteiger charge is -2.17. The molecule has 0 unspecified atom stereocenters. The number of hydrogen-bond acceptors (Lipinski definition) is 1. The van der Waals surface area contributed by atoms with Crippen LogP contribution in [0.25, 0.3) is 0 Å². The van der Waals surface area contributed by atoms with Crippen molar-refractivity contribution in [1.29, 1.82) is 0 Å². The maximum absolute atomic E-state index is 3.09. The Labute approximate surface area is 80.9 Å². The van der Waals surface area contributed by atoms with Crippen LogP contribution < -0.4 is 5.32 Å². The molecule has 0 bridgehead atoms. The molecule has 1 radical (unpaired) electrons. The lowest BCUT2D eigenvalue weighted by Crippen LogP contribution is -2.09. The number of rotatable bonds is 1. The van der Waals surface area contributed by atoms with Crippen LogP contribution in [0, 0.1) is 12.5 Å². The van der Waals surface area contributed by atoms with E-state index in [-0.39, 0.29) is 0 Å². The third kappa shape index (κ3) is 2.36. The van der Waals surface area contributed by atoms with Crippen molar-refractivity contribution in [2.45, 2.75) is 38.5 Å². The lowest BCUT2D eigenvalue weighted by molar-refractivity contribution is 0.537. The smallest absolute Gasteiger partial charge is 0.0682 e. The first kappa shape index (κ1) is 8.86. The fourth-order valence-electron chi connectivity index (χ4n) is 2.28. The summed E-state index contributed by atoms with van der Waals surface area (Å²) in [7, 11) is 0. The molecule has 1 N–H and O–H groups in total. The quantitative estimate of drug-likeness (QED) is 0.605. The summed E-state index contributed by atoms with van der Waals surface area (Å²) in [5, 5.41) is 3.09. The molecule has 1 aliphatic carbocycles. The molecule has 0 saturated heterocycles. The summed E-state index contributed by atoms with van der Waals surface area (Å²) in [5.41, 5.74) is 1.53. The molecule has 0 aromatic carbocycles. The molecular formula is C12H18N. The van der Waals surface area contributed by atoms with Gasteiger partial charge >= 0.3 is 0 Å². The van der Waals surface area contributed by atoms with Crippen LogP contribution in [-0.4, -0.2) is 0 Å². The van der Waals surface area contributed by atoms with Crippen LogP contribution in [0.4, 0.5) is 0 Å². The zero-order valence-corrected chi connectivity index (χ0v) is 8.13. The largest absolute Gasteiger partial charge is 0.382 e. The van der Waals surface area contributed by atoms with E-state index in [0.717, 1.165) is 5.92 Å². The van der Waals surface area contributed by atoms with Crippen LogP contribution in [0.5, 0.6) is 0 Å². The maximum atomic E-state index is 3.09. The van der Waals surface area contributed by atoms with Crippen molar-refractivity contribution in [1.82, 2.24) is 5.32 Å². The average molecular weight is 176 g/mol. The molecule has 1 nitrogen and oxygen atoms in total. The van der Waals surface area contributed by atoms with E-state index in [1.54, 1.807) is 0 Å². The van der Waals surface area contributed by atoms with Crippen molar-refractivity contribution in [3.05, 3.63) is 30.5 Å². The Morgan fingerprint density at radius 1 is 1.08 bits per heavy atom. The molecule has 1 heteroatoms. The summed E-state index contributed by atoms with van der Waals surface area (Å²) >= 11 is 0. The number of dihydropyridines is 1. The molecule has 2 rings (SSSR count). The number of hydrogen-bond donors (Lipinski definition) is 1. The Bertz CT molecular complexity index is 207. The number of allylic oxidation sites excluding steroid dienone is 2. The van der Waals surface area contributed by atoms with Gasteiger partial charge in [0.25, 0.3) is 0 Å². The van der Waals surface area contributed by atoms with Crippen molar-refractivity contribution in [2.24, 2.45) is 5.92 Å². The van der Waals surface area contributed by atoms with E-state index in [1.165, 1.54) is 44.1 Å². The van der Waals surface area contributed by atoms with Gasteiger partial charge in [0.15, 0.2) is 0 Å². The van der Waals surface area contributed by atoms with Crippen LogP contribution in [0.15, 0.2) is 23.9 Å². The van der Waals surface area contributed by atoms with E-state index in [2.05, 4.69) is 17.5 Å². The summed E-state index contributed by atoms with van der Waals surface area (Å²) < 4.78 is 0. The van der Waals surface area contributed by atoms with Gasteiger partial charge in [0, 0.05) is 0 Å². The van der Waals surface area contributed by atoms with Gasteiger partial charge in [-0.15, -0.1) is 0 Å². The average Bonchev–Trinajstić information content (AvgIpc) is 2.47. The standard InChI is InChI=1S/C12H18N/c1-2-4-6-11(5-3-1)12-7-9-13-10-8-12/h7-11,13H,1-6H2. The maximum Gasteiger partial charge on any atom is 0.0682 e. The van der Waals surface area contributed by atoms with Gasteiger partial charge in [-0.3, -0.25) is 0 Å². The molecule has 0 spiro atoms. The van der Waals surface area contributed by atoms with E-state index < -0.39 is 0 Å². The van der Waals surface area contributed by atoms with Crippen molar-refractivity contribution >= 4 is 0 Å². The third-order valence-corrected chi connectivity index (χ3v) is 3.07. The third-order valence-electron chi connectivity index (χ3n) is 3.07. The van der Waals surface area contributed by atoms with Crippen LogP contribution >= 0.6 is 0 Å². The molecular weight excluding hydrogens is 158 g/mol. The second-order valence-electron chi connectivity index (χ2n) is 4.02. The highest BCUT2D eigenvalue weighted by Crippen LogP contribution is 2.29. The van der Waals surface area contributed by atoms with Crippen molar-refractivity contribution in [2.75, 3.05) is 0 Å². The van der Waals surface area contributed by atoms with Gasteiger partial charge in [-0.2, -0.15) is 0 Å². The summed E-state index contributed by atoms with van der Waals surface area (Å²) in [6.07, 6.45) is 15.0. The van der Waals surface area contributed by atoms with Gasteiger partial charge in [-0.25, -0.2) is 0 Å². The van der Waals surface area contributed by atoms with Gasteiger partial charge in [-0.1, -0.05) is 31.8 Å². The second kappa shape index (κ2) is 4.50. The molecule has 1 saturated carbocycles. The Balaban J connectivity index is 1.97. The topological polar surface area (TPSA) is 12.0 Å². The minimum absolute atomic E-state index is 0.831. The Morgan fingerprint density at radius 2 is 1.85 bits per heavy atom. The fraction of sp³-hybridized carbons (Fsp3) is 0.583. The summed E-state index contributed by atoms with van der Waals surface area (Å²) in [4.78, 5) is 0. The fourth-order valence-corrected chi connectivity index (χ4v) is 2.28. The highest BCUT2D eigenvalue weighted by Gasteiger charge is 2.15. The molecule has 71 valence electrons. The Hall–Kier alpha value is -0.720. The van der Waals surface area contributed by atoms with E-state index in [4.69, 9.17) is 0 Å². The molecule has 1 heterocycles. The van der Waals surface area contributed by atoms with Gasteiger partial charge in [0.1, 0.15) is 0 Å². The zero-order valence-electron chi connectivity index (χ0n) is 8.13. The summed E-state index contributed by atoms with van der Waals surface area (Å²) in [6.45, 7) is 2.04. The molecule has 13 heavy (non-hydrogen) atoms. The highest BCUT2D eigenvalue weighted by atomic mass is 14.8. The molecule has 1 fully saturated rings. The predicted octanol–water partition coefficient (Wildman–Crippen LogP) is 3.16. The molecule has 0 atom stereocenters. The first-order valence-corrected chi connectivity index (χ1v) is 5.43. The molecule has 2 aliphatic rings. The molecule has 0 aromatic rings. The first-order chi connectivity index (χ1) is 6.47. The van der Waals surface area contributed by atoms with Crippen LogP contribution in [0.3, 0.4) is 0 Å². The van der Waals surface area contributed by atoms with Crippen molar-refractivity contribution in [3.63, 3.8) is 0 Å². The predicted molar refractivity (Wildman–Crippen MR) is 55.9 cm³/mol. The Kier molecular flexibility index (Phi) is 3.07. The highest BCUT2D eigenvalue weighted by molar-refractivity contribution is 5.27. The van der Waals surface area contributed by atoms with Gasteiger partial charge < -0.3 is 5.32 Å². The van der Waals surface area contributed by atoms with Gasteiger partial charge in [0.2, 0.25) is 0 Å². The van der Waals surface area contributed by atoms with E-state index in [1.807, 2.05) is 12.7 Å². The zero-order chi connectivity index (χ0) is 8.93. The monoisotopic (exact) mass is 176 g/mol. The van der Waals surface area contributed by atoms with Crippen molar-refractivity contribution in [3.8, 4) is 0 Å².